The molecule has 0 aromatic heterocycles. The molecule has 0 atom stereocenters. The van der Waals surface area contributed by atoms with Crippen molar-refractivity contribution in [2.45, 2.75) is 13.8 Å². The van der Waals surface area contributed by atoms with Gasteiger partial charge in [0.1, 0.15) is 5.75 Å². The standard InChI is InChI=1S/C14H12O3/c1-7(2)9-4-5-10-12(14(9)17)11(15)6-8(3)13(10)16/h4-6,17H,1H2,2-3H3. The first kappa shape index (κ1) is 11.3. The Morgan fingerprint density at radius 3 is 2.53 bits per heavy atom. The molecule has 0 fully saturated rings. The minimum absolute atomic E-state index is 0.0844. The molecule has 1 aromatic rings. The molecule has 0 saturated carbocycles. The summed E-state index contributed by atoms with van der Waals surface area (Å²) in [6.07, 6.45) is 1.26. The first-order valence-electron chi connectivity index (χ1n) is 5.22. The monoisotopic (exact) mass is 228 g/mol. The van der Waals surface area contributed by atoms with Gasteiger partial charge < -0.3 is 5.11 Å². The van der Waals surface area contributed by atoms with Crippen LogP contribution in [0.4, 0.5) is 0 Å². The highest BCUT2D eigenvalue weighted by atomic mass is 16.3. The zero-order chi connectivity index (χ0) is 12.7. The lowest BCUT2D eigenvalue weighted by atomic mass is 9.87. The highest BCUT2D eigenvalue weighted by Crippen LogP contribution is 2.34. The largest absolute Gasteiger partial charge is 0.507 e. The average Bonchev–Trinajstić information content (AvgIpc) is 2.25. The van der Waals surface area contributed by atoms with Crippen molar-refractivity contribution in [3.05, 3.63) is 47.1 Å². The van der Waals surface area contributed by atoms with E-state index in [0.717, 1.165) is 0 Å². The average molecular weight is 228 g/mol. The lowest BCUT2D eigenvalue weighted by Gasteiger charge is -2.16. The molecule has 1 aliphatic rings. The third-order valence-corrected chi connectivity index (χ3v) is 2.83. The molecule has 0 aliphatic heterocycles. The number of ketones is 2. The molecule has 0 amide bonds. The number of phenolic OH excluding ortho intramolecular Hbond substituents is 1. The zero-order valence-electron chi connectivity index (χ0n) is 9.70. The number of hydrogen-bond acceptors (Lipinski definition) is 3. The predicted octanol–water partition coefficient (Wildman–Crippen LogP) is 2.75. The van der Waals surface area contributed by atoms with E-state index in [4.69, 9.17) is 0 Å². The fourth-order valence-corrected chi connectivity index (χ4v) is 1.92. The van der Waals surface area contributed by atoms with E-state index in [0.29, 0.717) is 16.7 Å². The Kier molecular flexibility index (Phi) is 2.46. The van der Waals surface area contributed by atoms with Crippen LogP contribution in [0.25, 0.3) is 5.57 Å². The summed E-state index contributed by atoms with van der Waals surface area (Å²) in [6.45, 7) is 7.05. The number of benzene rings is 1. The maximum absolute atomic E-state index is 11.8. The molecular formula is C14H12O3. The topological polar surface area (TPSA) is 54.4 Å². The highest BCUT2D eigenvalue weighted by Gasteiger charge is 2.27. The Balaban J connectivity index is 2.76. The van der Waals surface area contributed by atoms with Crippen molar-refractivity contribution >= 4 is 17.1 Å². The lowest BCUT2D eigenvalue weighted by Crippen LogP contribution is -2.16. The van der Waals surface area contributed by atoms with Gasteiger partial charge in [0.2, 0.25) is 0 Å². The minimum Gasteiger partial charge on any atom is -0.507 e. The number of Topliss-reactive ketones (excluding diaryl/α,β-unsaturated/α-hetero) is 1. The summed E-state index contributed by atoms with van der Waals surface area (Å²) in [5.74, 6) is -0.710. The van der Waals surface area contributed by atoms with Crippen LogP contribution in [0.5, 0.6) is 5.75 Å². The molecule has 0 heterocycles. The van der Waals surface area contributed by atoms with Gasteiger partial charge in [0.05, 0.1) is 5.56 Å². The van der Waals surface area contributed by atoms with Gasteiger partial charge in [-0.1, -0.05) is 12.6 Å². The van der Waals surface area contributed by atoms with E-state index in [2.05, 4.69) is 6.58 Å². The molecule has 0 bridgehead atoms. The molecule has 2 rings (SSSR count). The first-order valence-corrected chi connectivity index (χ1v) is 5.22. The fraction of sp³-hybridized carbons (Fsp3) is 0.143. The van der Waals surface area contributed by atoms with Crippen molar-refractivity contribution in [1.29, 1.82) is 0 Å². The Labute approximate surface area is 99.1 Å². The molecule has 1 aromatic carbocycles. The third-order valence-electron chi connectivity index (χ3n) is 2.83. The fourth-order valence-electron chi connectivity index (χ4n) is 1.92. The Hall–Kier alpha value is -2.16. The van der Waals surface area contributed by atoms with Crippen LogP contribution < -0.4 is 0 Å². The smallest absolute Gasteiger partial charge is 0.190 e. The number of fused-ring (bicyclic) bond motifs is 1. The maximum atomic E-state index is 11.8. The van der Waals surface area contributed by atoms with Crippen LogP contribution >= 0.6 is 0 Å². The van der Waals surface area contributed by atoms with Crippen LogP contribution in [-0.2, 0) is 0 Å². The number of phenols is 1. The van der Waals surface area contributed by atoms with Gasteiger partial charge in [-0.2, -0.15) is 0 Å². The van der Waals surface area contributed by atoms with Gasteiger partial charge in [-0.05, 0) is 31.6 Å². The molecule has 0 saturated heterocycles. The molecule has 0 spiro atoms. The van der Waals surface area contributed by atoms with E-state index in [-0.39, 0.29) is 28.4 Å². The van der Waals surface area contributed by atoms with Crippen molar-refractivity contribution in [3.63, 3.8) is 0 Å². The van der Waals surface area contributed by atoms with E-state index in [1.807, 2.05) is 0 Å². The number of allylic oxidation sites excluding steroid dienone is 3. The van der Waals surface area contributed by atoms with Crippen LogP contribution in [0, 0.1) is 0 Å². The van der Waals surface area contributed by atoms with Crippen molar-refractivity contribution in [1.82, 2.24) is 0 Å². The Morgan fingerprint density at radius 2 is 1.94 bits per heavy atom. The Bertz CT molecular complexity index is 592. The van der Waals surface area contributed by atoms with Gasteiger partial charge >= 0.3 is 0 Å². The van der Waals surface area contributed by atoms with E-state index in [1.165, 1.54) is 6.08 Å². The van der Waals surface area contributed by atoms with Gasteiger partial charge in [-0.25, -0.2) is 0 Å². The summed E-state index contributed by atoms with van der Waals surface area (Å²) in [5.41, 5.74) is 1.89. The molecule has 17 heavy (non-hydrogen) atoms. The molecule has 1 aliphatic carbocycles. The summed E-state index contributed by atoms with van der Waals surface area (Å²) in [7, 11) is 0. The molecule has 3 heteroatoms. The second-order valence-corrected chi connectivity index (χ2v) is 4.19. The van der Waals surface area contributed by atoms with Crippen molar-refractivity contribution in [2.75, 3.05) is 0 Å². The maximum Gasteiger partial charge on any atom is 0.190 e. The molecule has 1 N–H and O–H groups in total. The number of hydrogen-bond donors (Lipinski definition) is 1. The van der Waals surface area contributed by atoms with Gasteiger partial charge in [-0.3, -0.25) is 9.59 Å². The molecular weight excluding hydrogens is 216 g/mol. The van der Waals surface area contributed by atoms with E-state index in [9.17, 15) is 14.7 Å². The van der Waals surface area contributed by atoms with Crippen molar-refractivity contribution < 1.29 is 14.7 Å². The first-order chi connectivity index (χ1) is 7.93. The van der Waals surface area contributed by atoms with Crippen LogP contribution in [0.2, 0.25) is 0 Å². The van der Waals surface area contributed by atoms with Gasteiger partial charge in [0, 0.05) is 16.7 Å². The molecule has 0 radical (unpaired) electrons. The zero-order valence-corrected chi connectivity index (χ0v) is 9.70. The summed E-state index contributed by atoms with van der Waals surface area (Å²) in [6, 6.07) is 3.18. The summed E-state index contributed by atoms with van der Waals surface area (Å²) in [5, 5.41) is 10.0. The normalized spacial score (nSPS) is 14.4. The second kappa shape index (κ2) is 3.70. The minimum atomic E-state index is -0.335. The van der Waals surface area contributed by atoms with Crippen LogP contribution in [-0.4, -0.2) is 16.7 Å². The van der Waals surface area contributed by atoms with Gasteiger partial charge in [-0.15, -0.1) is 0 Å². The van der Waals surface area contributed by atoms with Crippen LogP contribution in [0.3, 0.4) is 0 Å². The van der Waals surface area contributed by atoms with Crippen LogP contribution in [0.15, 0.2) is 30.4 Å². The van der Waals surface area contributed by atoms with Gasteiger partial charge in [0.15, 0.2) is 11.6 Å². The van der Waals surface area contributed by atoms with Crippen molar-refractivity contribution in [3.8, 4) is 5.75 Å². The number of aromatic hydroxyl groups is 1. The summed E-state index contributed by atoms with van der Waals surface area (Å²) < 4.78 is 0. The SMILES string of the molecule is C=C(C)c1ccc2c(c1O)C(=O)C=C(C)C2=O. The molecule has 3 nitrogen and oxygen atoms in total. The number of carbonyl (C=O) groups excluding carboxylic acids is 2. The van der Waals surface area contributed by atoms with Gasteiger partial charge in [0.25, 0.3) is 0 Å². The van der Waals surface area contributed by atoms with Crippen molar-refractivity contribution in [2.24, 2.45) is 0 Å². The molecule has 86 valence electrons. The number of carbonyl (C=O) groups is 2. The Morgan fingerprint density at radius 1 is 1.29 bits per heavy atom. The second-order valence-electron chi connectivity index (χ2n) is 4.19. The summed E-state index contributed by atoms with van der Waals surface area (Å²) >= 11 is 0. The van der Waals surface area contributed by atoms with Crippen LogP contribution in [0.1, 0.15) is 40.1 Å². The lowest BCUT2D eigenvalue weighted by molar-refractivity contribution is 0.0982. The highest BCUT2D eigenvalue weighted by molar-refractivity contribution is 6.25. The summed E-state index contributed by atoms with van der Waals surface area (Å²) in [4.78, 5) is 23.7. The van der Waals surface area contributed by atoms with E-state index in [1.54, 1.807) is 26.0 Å². The predicted molar refractivity (Wildman–Crippen MR) is 65.2 cm³/mol. The molecule has 0 unspecified atom stereocenters. The quantitative estimate of drug-likeness (QED) is 0.804. The number of rotatable bonds is 1. The van der Waals surface area contributed by atoms with E-state index >= 15 is 0 Å². The third kappa shape index (κ3) is 1.60. The van der Waals surface area contributed by atoms with E-state index < -0.39 is 0 Å².